The first-order valence-corrected chi connectivity index (χ1v) is 5.68. The summed E-state index contributed by atoms with van der Waals surface area (Å²) >= 11 is 1.29. The molecule has 0 aromatic carbocycles. The Balaban J connectivity index is 2.26. The molecule has 0 radical (unpaired) electrons. The second-order valence-corrected chi connectivity index (χ2v) is 4.23. The maximum absolute atomic E-state index is 11.3. The molecule has 8 heteroatoms. The van der Waals surface area contributed by atoms with Crippen LogP contribution in [0.3, 0.4) is 0 Å². The number of aryl methyl sites for hydroxylation is 1. The lowest BCUT2D eigenvalue weighted by molar-refractivity contribution is 0.881. The third-order valence-corrected chi connectivity index (χ3v) is 3.05. The molecule has 0 saturated carbocycles. The number of aromatic nitrogens is 5. The summed E-state index contributed by atoms with van der Waals surface area (Å²) in [6.45, 7) is 1.73. The van der Waals surface area contributed by atoms with Crippen LogP contribution in [-0.4, -0.2) is 25.6 Å². The maximum atomic E-state index is 11.3. The highest BCUT2D eigenvalue weighted by atomic mass is 32.2. The minimum Gasteiger partial charge on any atom is -0.316 e. The Labute approximate surface area is 100 Å². The first-order chi connectivity index (χ1) is 8.20. The van der Waals surface area contributed by atoms with E-state index in [4.69, 9.17) is 5.26 Å². The number of nitrogens with one attached hydrogen (secondary N) is 2. The molecule has 17 heavy (non-hydrogen) atoms. The second-order valence-electron chi connectivity index (χ2n) is 3.25. The summed E-state index contributed by atoms with van der Waals surface area (Å²) < 4.78 is 0. The summed E-state index contributed by atoms with van der Waals surface area (Å²) in [7, 11) is 0. The lowest BCUT2D eigenvalue weighted by atomic mass is 10.2. The van der Waals surface area contributed by atoms with E-state index >= 15 is 0 Å². The Bertz CT molecular complexity index is 611. The number of nitriles is 1. The van der Waals surface area contributed by atoms with Crippen molar-refractivity contribution in [2.45, 2.75) is 17.7 Å². The number of pyridine rings is 1. The zero-order valence-corrected chi connectivity index (χ0v) is 9.71. The van der Waals surface area contributed by atoms with Crippen molar-refractivity contribution < 1.29 is 0 Å². The number of aromatic amines is 2. The molecule has 86 valence electrons. The van der Waals surface area contributed by atoms with Crippen molar-refractivity contribution in [3.8, 4) is 6.07 Å². The van der Waals surface area contributed by atoms with Crippen LogP contribution in [0.1, 0.15) is 17.0 Å². The molecule has 0 fully saturated rings. The largest absolute Gasteiger partial charge is 0.316 e. The Morgan fingerprint density at radius 1 is 1.59 bits per heavy atom. The molecule has 0 bridgehead atoms. The van der Waals surface area contributed by atoms with Gasteiger partial charge in [0.25, 0.3) is 0 Å². The van der Waals surface area contributed by atoms with Crippen molar-refractivity contribution in [2.24, 2.45) is 0 Å². The SMILES string of the molecule is Cc1cc(=O)[nH]c(SCc2nn[nH]n2)c1C#N. The fourth-order valence-electron chi connectivity index (χ4n) is 1.29. The van der Waals surface area contributed by atoms with E-state index in [0.29, 0.717) is 27.7 Å². The first kappa shape index (κ1) is 11.3. The van der Waals surface area contributed by atoms with Crippen molar-refractivity contribution in [3.63, 3.8) is 0 Å². The summed E-state index contributed by atoms with van der Waals surface area (Å²) in [5.74, 6) is 0.950. The van der Waals surface area contributed by atoms with Crippen LogP contribution < -0.4 is 5.56 Å². The highest BCUT2D eigenvalue weighted by molar-refractivity contribution is 7.98. The Morgan fingerprint density at radius 2 is 2.41 bits per heavy atom. The van der Waals surface area contributed by atoms with Gasteiger partial charge in [0, 0.05) is 6.07 Å². The normalized spacial score (nSPS) is 10.1. The second kappa shape index (κ2) is 4.80. The number of tetrazole rings is 1. The predicted molar refractivity (Wildman–Crippen MR) is 60.3 cm³/mol. The lowest BCUT2D eigenvalue weighted by Crippen LogP contribution is -2.08. The van der Waals surface area contributed by atoms with Crippen molar-refractivity contribution in [1.29, 1.82) is 5.26 Å². The quantitative estimate of drug-likeness (QED) is 0.758. The number of hydrogen-bond donors (Lipinski definition) is 2. The molecule has 0 unspecified atom stereocenters. The molecule has 0 aliphatic carbocycles. The topological polar surface area (TPSA) is 111 Å². The smallest absolute Gasteiger partial charge is 0.249 e. The van der Waals surface area contributed by atoms with Gasteiger partial charge in [-0.15, -0.1) is 10.2 Å². The van der Waals surface area contributed by atoms with Crippen molar-refractivity contribution in [2.75, 3.05) is 0 Å². The molecule has 0 aliphatic heterocycles. The molecule has 2 aromatic rings. The average Bonchev–Trinajstić information content (AvgIpc) is 2.78. The fourth-order valence-corrected chi connectivity index (χ4v) is 2.21. The van der Waals surface area contributed by atoms with E-state index in [2.05, 4.69) is 31.7 Å². The van der Waals surface area contributed by atoms with Gasteiger partial charge in [-0.2, -0.15) is 10.5 Å². The molecule has 0 atom stereocenters. The highest BCUT2D eigenvalue weighted by Crippen LogP contribution is 2.23. The molecule has 7 nitrogen and oxygen atoms in total. The highest BCUT2D eigenvalue weighted by Gasteiger charge is 2.09. The molecule has 0 saturated heterocycles. The third kappa shape index (κ3) is 2.51. The third-order valence-electron chi connectivity index (χ3n) is 2.05. The average molecular weight is 248 g/mol. The van der Waals surface area contributed by atoms with E-state index < -0.39 is 0 Å². The predicted octanol–water partition coefficient (Wildman–Crippen LogP) is 0.360. The van der Waals surface area contributed by atoms with Crippen LogP contribution >= 0.6 is 11.8 Å². The molecule has 0 spiro atoms. The number of rotatable bonds is 3. The molecule has 2 rings (SSSR count). The van der Waals surface area contributed by atoms with Gasteiger partial charge in [0.15, 0.2) is 5.82 Å². The number of thioether (sulfide) groups is 1. The number of nitrogens with zero attached hydrogens (tertiary/aromatic N) is 4. The van der Waals surface area contributed by atoms with Crippen molar-refractivity contribution in [1.82, 2.24) is 25.6 Å². The van der Waals surface area contributed by atoms with Gasteiger partial charge >= 0.3 is 0 Å². The van der Waals surface area contributed by atoms with E-state index in [-0.39, 0.29) is 5.56 Å². The molecule has 0 amide bonds. The fraction of sp³-hybridized carbons (Fsp3) is 0.222. The van der Waals surface area contributed by atoms with Crippen LogP contribution in [0.5, 0.6) is 0 Å². The molecule has 0 aliphatic rings. The van der Waals surface area contributed by atoms with Crippen LogP contribution in [-0.2, 0) is 5.75 Å². The molecule has 2 aromatic heterocycles. The summed E-state index contributed by atoms with van der Waals surface area (Å²) in [5.41, 5.74) is 0.905. The molecule has 2 heterocycles. The standard InChI is InChI=1S/C9H8N6OS/c1-5-2-8(16)11-9(6(5)3-10)17-4-7-12-14-15-13-7/h2H,4H2,1H3,(H,11,16)(H,12,13,14,15). The van der Waals surface area contributed by atoms with E-state index in [1.807, 2.05) is 0 Å². The van der Waals surface area contributed by atoms with Gasteiger partial charge in [0.05, 0.1) is 16.3 Å². The maximum Gasteiger partial charge on any atom is 0.249 e. The Morgan fingerprint density at radius 3 is 3.06 bits per heavy atom. The summed E-state index contributed by atoms with van der Waals surface area (Å²) in [6, 6.07) is 3.47. The molecular weight excluding hydrogens is 240 g/mol. The van der Waals surface area contributed by atoms with E-state index in [0.717, 1.165) is 0 Å². The van der Waals surface area contributed by atoms with Crippen LogP contribution in [0.2, 0.25) is 0 Å². The molecular formula is C9H8N6OS. The van der Waals surface area contributed by atoms with Crippen LogP contribution in [0, 0.1) is 18.3 Å². The summed E-state index contributed by atoms with van der Waals surface area (Å²) in [6.07, 6.45) is 0. The Kier molecular flexibility index (Phi) is 3.20. The lowest BCUT2D eigenvalue weighted by Gasteiger charge is -2.03. The van der Waals surface area contributed by atoms with Crippen molar-refractivity contribution in [3.05, 3.63) is 33.4 Å². The van der Waals surface area contributed by atoms with Gasteiger partial charge in [-0.05, 0) is 12.5 Å². The van der Waals surface area contributed by atoms with E-state index in [9.17, 15) is 4.79 Å². The van der Waals surface area contributed by atoms with Gasteiger partial charge in [-0.1, -0.05) is 17.0 Å². The molecule has 2 N–H and O–H groups in total. The zero-order valence-electron chi connectivity index (χ0n) is 8.89. The van der Waals surface area contributed by atoms with E-state index in [1.165, 1.54) is 17.8 Å². The van der Waals surface area contributed by atoms with Crippen LogP contribution in [0.4, 0.5) is 0 Å². The van der Waals surface area contributed by atoms with Gasteiger partial charge in [0.1, 0.15) is 6.07 Å². The number of H-pyrrole nitrogens is 2. The van der Waals surface area contributed by atoms with Crippen molar-refractivity contribution >= 4 is 11.8 Å². The van der Waals surface area contributed by atoms with Crippen LogP contribution in [0.15, 0.2) is 15.9 Å². The summed E-state index contributed by atoms with van der Waals surface area (Å²) in [4.78, 5) is 13.9. The summed E-state index contributed by atoms with van der Waals surface area (Å²) in [5, 5.41) is 22.9. The monoisotopic (exact) mass is 248 g/mol. The minimum absolute atomic E-state index is 0.225. The van der Waals surface area contributed by atoms with Gasteiger partial charge in [0.2, 0.25) is 5.56 Å². The van der Waals surface area contributed by atoms with Gasteiger partial charge in [-0.25, -0.2) is 0 Å². The van der Waals surface area contributed by atoms with Gasteiger partial charge < -0.3 is 4.98 Å². The zero-order chi connectivity index (χ0) is 12.3. The van der Waals surface area contributed by atoms with Crippen LogP contribution in [0.25, 0.3) is 0 Å². The van der Waals surface area contributed by atoms with Gasteiger partial charge in [-0.3, -0.25) is 4.79 Å². The Hall–Kier alpha value is -2.14. The number of hydrogen-bond acceptors (Lipinski definition) is 6. The van der Waals surface area contributed by atoms with E-state index in [1.54, 1.807) is 6.92 Å². The minimum atomic E-state index is -0.225. The first-order valence-electron chi connectivity index (χ1n) is 4.70.